The maximum Gasteiger partial charge on any atom is 0.307 e. The molecule has 2 unspecified atom stereocenters. The van der Waals surface area contributed by atoms with Crippen LogP contribution in [0.15, 0.2) is 12.8 Å². The summed E-state index contributed by atoms with van der Waals surface area (Å²) in [5.74, 6) is 0.158. The molecule has 5 aliphatic heterocycles. The number of ether oxygens (including phenoxy) is 3. The Kier molecular flexibility index (Phi) is 76.0. The first-order valence-corrected chi connectivity index (χ1v) is 30.8. The largest absolute Gasteiger partial charge is 0.505 e. The van der Waals surface area contributed by atoms with Crippen LogP contribution in [-0.4, -0.2) is 187 Å². The van der Waals surface area contributed by atoms with Crippen molar-refractivity contribution in [3.8, 4) is 0 Å². The third-order valence-electron chi connectivity index (χ3n) is 9.31. The number of carbonyl (C=O) groups is 7. The number of hydrogen-bond acceptors (Lipinski definition) is 14. The minimum absolute atomic E-state index is 0. The number of aliphatic hydroxyl groups is 3. The van der Waals surface area contributed by atoms with Gasteiger partial charge in [-0.1, -0.05) is 92.2 Å². The molecule has 420 valence electrons. The van der Waals surface area contributed by atoms with Crippen LogP contribution in [0.1, 0.15) is 119 Å². The Bertz CT molecular complexity index is 1250. The van der Waals surface area contributed by atoms with E-state index in [1.165, 1.54) is 26.3 Å². The maximum atomic E-state index is 11.1. The average Bonchev–Trinajstić information content (AvgIpc) is 3.18. The lowest BCUT2D eigenvalue weighted by Gasteiger charge is -2.39. The van der Waals surface area contributed by atoms with Gasteiger partial charge < -0.3 is 60.6 Å². The molecular formula is C46H112N6O13Si4. The summed E-state index contributed by atoms with van der Waals surface area (Å²) in [7, 11) is 4.14. The SMILES string of the molecule is C.C.C.C.C.C.C.C.C=COC.CO.COC(=O)C[C@@H](C)N.C[C@@H]1CC(=O)N1.C[SiH2]CC1CC(=O)N1.C[SiH2]CC1CC(=O)N1CO.C[SiH2]C[C@@H]1CC(=O)N1CO.C[SiH2]C[C@H]1CC(=O)N1COC(C)=O. The standard InChI is InChI=1S/C8H15NO3Si.2C6H13NO2Si.C5H11NO2.C5H11NOSi.C4H7NO.C3H6O.CH4O.8CH4/c1-6(10)12-5-9-7(4-13-2)3-8(9)11;2*1-10-3-5-2-6(9)7(5)4-8;1-4(6)3-5(7)8-2;1-8-3-4-2-5(7)6-4;1-3-2-4(6)5-3;1-3-4-2;1-2;;;;;;;;/h7H,3-5,13H2,1-2H3;2*5,8H,2-4,10H2,1H3;4H,3,6H2,1-2H3;4H,2-3,8H2,1H3,(H,6,7);3H,2H2,1H3,(H,5,6);3H,1H2,2H3;2H,1H3;8*1H4/t7-;5-;;4-;;3-;;;;;;;;;;/m10.1.1........../s1. The van der Waals surface area contributed by atoms with E-state index < -0.39 is 0 Å². The fraction of sp³-hybridized carbons (Fsp3) is 0.804. The number of likely N-dealkylation sites (tertiary alicyclic amines) is 3. The van der Waals surface area contributed by atoms with E-state index in [1.54, 1.807) is 28.7 Å². The monoisotopic (exact) mass is 1070 g/mol. The molecule has 0 aromatic rings. The Hall–Kier alpha value is -3.46. The molecule has 0 spiro atoms. The van der Waals surface area contributed by atoms with Crippen molar-refractivity contribution in [3.05, 3.63) is 12.8 Å². The van der Waals surface area contributed by atoms with Crippen LogP contribution in [0.25, 0.3) is 0 Å². The maximum absolute atomic E-state index is 11.1. The fourth-order valence-electron chi connectivity index (χ4n) is 5.89. The van der Waals surface area contributed by atoms with E-state index in [1.807, 2.05) is 6.92 Å². The molecule has 5 aliphatic rings. The molecule has 0 radical (unpaired) electrons. The van der Waals surface area contributed by atoms with Crippen LogP contribution < -0.4 is 16.4 Å². The predicted molar refractivity (Wildman–Crippen MR) is 302 cm³/mol. The highest BCUT2D eigenvalue weighted by Crippen LogP contribution is 2.23. The van der Waals surface area contributed by atoms with Crippen LogP contribution in [0.2, 0.25) is 50.4 Å². The summed E-state index contributed by atoms with van der Waals surface area (Å²) in [4.78, 5) is 78.4. The first-order chi connectivity index (χ1) is 28.9. The van der Waals surface area contributed by atoms with Gasteiger partial charge in [0.2, 0.25) is 29.5 Å². The van der Waals surface area contributed by atoms with Gasteiger partial charge in [-0.2, -0.15) is 0 Å². The number of amides is 5. The molecule has 0 aromatic carbocycles. The van der Waals surface area contributed by atoms with Gasteiger partial charge in [0.1, 0.15) is 13.5 Å². The zero-order valence-corrected chi connectivity index (χ0v) is 44.3. The van der Waals surface area contributed by atoms with E-state index in [9.17, 15) is 33.6 Å². The lowest BCUT2D eigenvalue weighted by Crippen LogP contribution is -2.53. The van der Waals surface area contributed by atoms with Crippen LogP contribution in [0.4, 0.5) is 0 Å². The highest BCUT2D eigenvalue weighted by atomic mass is 28.2. The first-order valence-electron chi connectivity index (χ1n) is 21.2. The lowest BCUT2D eigenvalue weighted by molar-refractivity contribution is -0.162. The van der Waals surface area contributed by atoms with E-state index >= 15 is 0 Å². The van der Waals surface area contributed by atoms with Gasteiger partial charge in [-0.3, -0.25) is 33.6 Å². The second-order valence-electron chi connectivity index (χ2n) is 14.7. The molecule has 19 nitrogen and oxygen atoms in total. The van der Waals surface area contributed by atoms with Gasteiger partial charge in [-0.15, -0.1) is 0 Å². The van der Waals surface area contributed by atoms with Crippen LogP contribution in [0.3, 0.4) is 0 Å². The predicted octanol–water partition coefficient (Wildman–Crippen LogP) is 2.86. The molecule has 7 N–H and O–H groups in total. The van der Waals surface area contributed by atoms with Gasteiger partial charge in [0.05, 0.1) is 26.9 Å². The van der Waals surface area contributed by atoms with Gasteiger partial charge in [-0.05, 0) is 38.0 Å². The topological polar surface area (TPSA) is 268 Å². The second-order valence-corrected chi connectivity index (χ2v) is 21.0. The summed E-state index contributed by atoms with van der Waals surface area (Å²) < 4.78 is 13.4. The van der Waals surface area contributed by atoms with Crippen LogP contribution >= 0.6 is 0 Å². The number of carbonyl (C=O) groups excluding carboxylic acids is 7. The molecule has 5 heterocycles. The van der Waals surface area contributed by atoms with Gasteiger partial charge in [0.15, 0.2) is 6.73 Å². The zero-order valence-electron chi connectivity index (χ0n) is 38.6. The number of β-lactam (4-membered cyclic amide) rings is 5. The van der Waals surface area contributed by atoms with E-state index in [2.05, 4.69) is 52.9 Å². The molecule has 5 rings (SSSR count). The van der Waals surface area contributed by atoms with Gasteiger partial charge in [0, 0.05) is 120 Å². The molecule has 69 heavy (non-hydrogen) atoms. The quantitative estimate of drug-likeness (QED) is 0.0597. The molecule has 0 aliphatic carbocycles. The number of aliphatic hydroxyl groups excluding tert-OH is 3. The molecule has 0 bridgehead atoms. The number of methoxy groups -OCH3 is 2. The zero-order chi connectivity index (χ0) is 47.5. The normalized spacial score (nSPS) is 19.6. The highest BCUT2D eigenvalue weighted by Gasteiger charge is 2.36. The number of rotatable bonds is 15. The number of nitrogens with zero attached hydrogens (tertiary/aromatic N) is 3. The van der Waals surface area contributed by atoms with Crippen molar-refractivity contribution in [1.82, 2.24) is 25.3 Å². The second kappa shape index (κ2) is 57.1. The fourth-order valence-corrected chi connectivity index (χ4v) is 10.5. The van der Waals surface area contributed by atoms with Crippen molar-refractivity contribution in [2.24, 2.45) is 5.73 Å². The summed E-state index contributed by atoms with van der Waals surface area (Å²) in [6.07, 6.45) is 5.17. The number of nitrogens with one attached hydrogen (secondary N) is 2. The van der Waals surface area contributed by atoms with E-state index in [0.29, 0.717) is 55.9 Å². The van der Waals surface area contributed by atoms with Crippen molar-refractivity contribution in [2.75, 3.05) is 41.5 Å². The first kappa shape index (κ1) is 91.8. The third-order valence-corrected chi connectivity index (χ3v) is 14.3. The summed E-state index contributed by atoms with van der Waals surface area (Å²) in [5.41, 5.74) is 5.27. The van der Waals surface area contributed by atoms with Gasteiger partial charge >= 0.3 is 11.9 Å². The Balaban J connectivity index is -0.0000000627. The molecule has 5 saturated heterocycles. The summed E-state index contributed by atoms with van der Waals surface area (Å²) in [5, 5.41) is 29.9. The van der Waals surface area contributed by atoms with E-state index in [0.717, 1.165) is 38.1 Å². The molecule has 0 saturated carbocycles. The average molecular weight is 1070 g/mol. The Morgan fingerprint density at radius 1 is 0.696 bits per heavy atom. The van der Waals surface area contributed by atoms with Crippen molar-refractivity contribution < 1.29 is 63.1 Å². The van der Waals surface area contributed by atoms with Crippen LogP contribution in [0.5, 0.6) is 0 Å². The molecule has 0 aromatic heterocycles. The number of nitrogens with two attached hydrogens (primary N) is 1. The van der Waals surface area contributed by atoms with Crippen LogP contribution in [0, 0.1) is 0 Å². The molecule has 23 heteroatoms. The van der Waals surface area contributed by atoms with Crippen LogP contribution in [-0.2, 0) is 47.8 Å². The number of esters is 2. The third kappa shape index (κ3) is 43.1. The summed E-state index contributed by atoms with van der Waals surface area (Å²) in [6, 6.07) is 6.77. The molecular weight excluding hydrogens is 957 g/mol. The van der Waals surface area contributed by atoms with Crippen molar-refractivity contribution in [3.63, 3.8) is 0 Å². The minimum atomic E-state index is -0.327. The van der Waals surface area contributed by atoms with Crippen molar-refractivity contribution in [2.45, 2.75) is 205 Å². The Labute approximate surface area is 431 Å². The number of hydrogen-bond donors (Lipinski definition) is 6. The lowest BCUT2D eigenvalue weighted by atomic mass is 10.1. The van der Waals surface area contributed by atoms with Gasteiger partial charge in [0.25, 0.3) is 0 Å². The van der Waals surface area contributed by atoms with E-state index in [-0.39, 0.29) is 165 Å². The summed E-state index contributed by atoms with van der Waals surface area (Å²) in [6.45, 7) is 17.3. The van der Waals surface area contributed by atoms with Crippen molar-refractivity contribution in [1.29, 1.82) is 0 Å². The van der Waals surface area contributed by atoms with Crippen molar-refractivity contribution >= 4 is 79.6 Å². The highest BCUT2D eigenvalue weighted by molar-refractivity contribution is 6.34. The smallest absolute Gasteiger partial charge is 0.307 e. The molecule has 5 amide bonds. The molecule has 6 atom stereocenters. The van der Waals surface area contributed by atoms with Gasteiger partial charge in [-0.25, -0.2) is 0 Å². The minimum Gasteiger partial charge on any atom is -0.505 e. The van der Waals surface area contributed by atoms with E-state index in [4.69, 9.17) is 25.8 Å². The Morgan fingerprint density at radius 3 is 1.19 bits per heavy atom. The summed E-state index contributed by atoms with van der Waals surface area (Å²) >= 11 is 0. The molecule has 5 fully saturated rings. The Morgan fingerprint density at radius 2 is 1.01 bits per heavy atom.